The topological polar surface area (TPSA) is 63.7 Å². The van der Waals surface area contributed by atoms with Crippen molar-refractivity contribution in [2.24, 2.45) is 5.92 Å². The molecule has 0 saturated carbocycles. The van der Waals surface area contributed by atoms with Crippen molar-refractivity contribution < 1.29 is 19.1 Å². The molecule has 8 heteroatoms. The Bertz CT molecular complexity index is 898. The van der Waals surface area contributed by atoms with Crippen LogP contribution in [0.15, 0.2) is 42.5 Å². The van der Waals surface area contributed by atoms with Crippen molar-refractivity contribution in [3.8, 4) is 0 Å². The number of anilines is 1. The van der Waals surface area contributed by atoms with Gasteiger partial charge in [0, 0.05) is 23.6 Å². The first-order chi connectivity index (χ1) is 12.9. The van der Waals surface area contributed by atoms with Gasteiger partial charge in [0.1, 0.15) is 0 Å². The lowest BCUT2D eigenvalue weighted by Gasteiger charge is -2.18. The number of rotatable bonds is 5. The second-order valence-corrected chi connectivity index (χ2v) is 7.24. The Kier molecular flexibility index (Phi) is 6.05. The van der Waals surface area contributed by atoms with Gasteiger partial charge in [-0.1, -0.05) is 40.9 Å². The lowest BCUT2D eigenvalue weighted by molar-refractivity contribution is -0.147. The summed E-state index contributed by atoms with van der Waals surface area (Å²) in [7, 11) is 0. The fourth-order valence-electron chi connectivity index (χ4n) is 2.77. The van der Waals surface area contributed by atoms with E-state index in [2.05, 4.69) is 0 Å². The van der Waals surface area contributed by atoms with Gasteiger partial charge in [-0.3, -0.25) is 14.4 Å². The van der Waals surface area contributed by atoms with Gasteiger partial charge in [0.25, 0.3) is 0 Å². The third-order valence-electron chi connectivity index (χ3n) is 4.19. The Balaban J connectivity index is 1.61. The number of esters is 1. The lowest BCUT2D eigenvalue weighted by Crippen LogP contribution is -2.27. The minimum Gasteiger partial charge on any atom is -0.457 e. The van der Waals surface area contributed by atoms with Crippen molar-refractivity contribution in [3.05, 3.63) is 63.1 Å². The van der Waals surface area contributed by atoms with Crippen LogP contribution in [0.2, 0.25) is 15.1 Å². The molecule has 1 aliphatic rings. The molecule has 0 unspecified atom stereocenters. The smallest absolute Gasteiger partial charge is 0.311 e. The number of benzene rings is 2. The molecule has 0 N–H and O–H groups in total. The van der Waals surface area contributed by atoms with Gasteiger partial charge in [-0.25, -0.2) is 0 Å². The van der Waals surface area contributed by atoms with Gasteiger partial charge in [0.05, 0.1) is 21.7 Å². The molecular weight excluding hydrogens is 413 g/mol. The van der Waals surface area contributed by atoms with Crippen molar-refractivity contribution in [1.82, 2.24) is 0 Å². The molecule has 1 fully saturated rings. The Morgan fingerprint density at radius 2 is 1.78 bits per heavy atom. The summed E-state index contributed by atoms with van der Waals surface area (Å²) >= 11 is 17.9. The summed E-state index contributed by atoms with van der Waals surface area (Å²) in [4.78, 5) is 38.0. The van der Waals surface area contributed by atoms with Crippen molar-refractivity contribution in [2.45, 2.75) is 6.42 Å². The average molecular weight is 427 g/mol. The van der Waals surface area contributed by atoms with Crippen LogP contribution in [-0.2, 0) is 14.3 Å². The molecule has 1 heterocycles. The van der Waals surface area contributed by atoms with Crippen LogP contribution in [0.3, 0.4) is 0 Å². The quantitative estimate of drug-likeness (QED) is 0.524. The summed E-state index contributed by atoms with van der Waals surface area (Å²) in [5.41, 5.74) is 0.837. The minimum atomic E-state index is -0.675. The van der Waals surface area contributed by atoms with E-state index in [0.29, 0.717) is 21.3 Å². The van der Waals surface area contributed by atoms with Crippen LogP contribution >= 0.6 is 34.8 Å². The van der Waals surface area contributed by atoms with E-state index >= 15 is 0 Å². The zero-order valence-electron chi connectivity index (χ0n) is 14.0. The van der Waals surface area contributed by atoms with Crippen LogP contribution in [0.5, 0.6) is 0 Å². The number of hydrogen-bond donors (Lipinski definition) is 0. The van der Waals surface area contributed by atoms with Crippen molar-refractivity contribution in [3.63, 3.8) is 0 Å². The number of halogens is 3. The number of nitrogens with zero attached hydrogens (tertiary/aromatic N) is 1. The van der Waals surface area contributed by atoms with Gasteiger partial charge in [0.15, 0.2) is 12.4 Å². The summed E-state index contributed by atoms with van der Waals surface area (Å²) in [6.07, 6.45) is -0.0171. The van der Waals surface area contributed by atoms with Crippen molar-refractivity contribution in [1.29, 1.82) is 0 Å². The summed E-state index contributed by atoms with van der Waals surface area (Å²) in [6.45, 7) is -0.282. The Labute approximate surface area is 170 Å². The van der Waals surface area contributed by atoms with E-state index in [4.69, 9.17) is 39.5 Å². The Morgan fingerprint density at radius 3 is 2.48 bits per heavy atom. The first kappa shape index (κ1) is 19.7. The average Bonchev–Trinajstić information content (AvgIpc) is 3.04. The zero-order chi connectivity index (χ0) is 19.6. The standard InChI is InChI=1S/C19H14Cl3NO4/c20-13-6-4-11(5-7-13)16(24)10-27-19(26)12-8-17(25)23(9-12)15-3-1-2-14(21)18(15)22/h1-7,12H,8-10H2/t12-/m1/s1. The first-order valence-corrected chi connectivity index (χ1v) is 9.20. The van der Waals surface area contributed by atoms with Crippen LogP contribution in [0.4, 0.5) is 5.69 Å². The monoisotopic (exact) mass is 425 g/mol. The fourth-order valence-corrected chi connectivity index (χ4v) is 3.30. The Hall–Kier alpha value is -2.08. The molecule has 140 valence electrons. The number of amides is 1. The molecule has 1 aliphatic heterocycles. The highest BCUT2D eigenvalue weighted by molar-refractivity contribution is 6.44. The first-order valence-electron chi connectivity index (χ1n) is 8.06. The van der Waals surface area contributed by atoms with E-state index in [1.54, 1.807) is 42.5 Å². The molecule has 5 nitrogen and oxygen atoms in total. The maximum absolute atomic E-state index is 12.3. The van der Waals surface area contributed by atoms with E-state index in [1.165, 1.54) is 4.90 Å². The molecule has 0 bridgehead atoms. The normalized spacial score (nSPS) is 16.5. The molecule has 0 radical (unpaired) electrons. The SMILES string of the molecule is O=C(COC(=O)[C@@H]1CC(=O)N(c2cccc(Cl)c2Cl)C1)c1ccc(Cl)cc1. The minimum absolute atomic E-state index is 0.0171. The van der Waals surface area contributed by atoms with E-state index in [9.17, 15) is 14.4 Å². The van der Waals surface area contributed by atoms with E-state index in [-0.39, 0.29) is 29.7 Å². The number of hydrogen-bond acceptors (Lipinski definition) is 4. The molecule has 3 rings (SSSR count). The molecular formula is C19H14Cl3NO4. The fraction of sp³-hybridized carbons (Fsp3) is 0.211. The van der Waals surface area contributed by atoms with Crippen LogP contribution < -0.4 is 4.90 Å². The van der Waals surface area contributed by atoms with E-state index in [1.807, 2.05) is 0 Å². The molecule has 1 amide bonds. The third-order valence-corrected chi connectivity index (χ3v) is 5.25. The van der Waals surface area contributed by atoms with Gasteiger partial charge in [0.2, 0.25) is 5.91 Å². The molecule has 0 spiro atoms. The van der Waals surface area contributed by atoms with Crippen LogP contribution in [0, 0.1) is 5.92 Å². The van der Waals surface area contributed by atoms with Gasteiger partial charge in [-0.05, 0) is 36.4 Å². The number of carbonyl (C=O) groups is 3. The molecule has 2 aromatic rings. The number of carbonyl (C=O) groups excluding carboxylic acids is 3. The molecule has 1 saturated heterocycles. The molecule has 27 heavy (non-hydrogen) atoms. The van der Waals surface area contributed by atoms with Crippen LogP contribution in [0.25, 0.3) is 0 Å². The van der Waals surface area contributed by atoms with Crippen LogP contribution in [0.1, 0.15) is 16.8 Å². The summed E-state index contributed by atoms with van der Waals surface area (Å²) in [5, 5.41) is 1.08. The van der Waals surface area contributed by atoms with E-state index < -0.39 is 18.5 Å². The molecule has 0 aromatic heterocycles. The maximum atomic E-state index is 12.3. The second-order valence-electron chi connectivity index (χ2n) is 6.02. The van der Waals surface area contributed by atoms with Crippen molar-refractivity contribution in [2.75, 3.05) is 18.1 Å². The predicted octanol–water partition coefficient (Wildman–Crippen LogP) is 4.43. The maximum Gasteiger partial charge on any atom is 0.311 e. The Morgan fingerprint density at radius 1 is 1.07 bits per heavy atom. The molecule has 0 aliphatic carbocycles. The van der Waals surface area contributed by atoms with E-state index in [0.717, 1.165) is 0 Å². The number of Topliss-reactive ketones (excluding diaryl/α,β-unsaturated/α-hetero) is 1. The van der Waals surface area contributed by atoms with Gasteiger partial charge < -0.3 is 9.64 Å². The van der Waals surface area contributed by atoms with Gasteiger partial charge in [-0.2, -0.15) is 0 Å². The largest absolute Gasteiger partial charge is 0.457 e. The van der Waals surface area contributed by atoms with Crippen molar-refractivity contribution >= 4 is 58.1 Å². The van der Waals surface area contributed by atoms with Crippen LogP contribution in [-0.4, -0.2) is 30.8 Å². The highest BCUT2D eigenvalue weighted by Crippen LogP contribution is 2.35. The second kappa shape index (κ2) is 8.30. The molecule has 2 aromatic carbocycles. The summed E-state index contributed by atoms with van der Waals surface area (Å²) < 4.78 is 5.10. The number of ether oxygens (including phenoxy) is 1. The summed E-state index contributed by atoms with van der Waals surface area (Å²) in [6, 6.07) is 11.2. The van der Waals surface area contributed by atoms with Gasteiger partial charge in [-0.15, -0.1) is 0 Å². The highest BCUT2D eigenvalue weighted by Gasteiger charge is 2.37. The van der Waals surface area contributed by atoms with Gasteiger partial charge >= 0.3 is 5.97 Å². The third kappa shape index (κ3) is 4.43. The predicted molar refractivity (Wildman–Crippen MR) is 104 cm³/mol. The highest BCUT2D eigenvalue weighted by atomic mass is 35.5. The number of ketones is 1. The summed E-state index contributed by atoms with van der Waals surface area (Å²) in [5.74, 6) is -1.89. The molecule has 1 atom stereocenters. The lowest BCUT2D eigenvalue weighted by atomic mass is 10.1. The zero-order valence-corrected chi connectivity index (χ0v) is 16.2.